The van der Waals surface area contributed by atoms with Gasteiger partial charge in [-0.2, -0.15) is 0 Å². The van der Waals surface area contributed by atoms with E-state index in [1.54, 1.807) is 35.8 Å². The smallest absolute Gasteiger partial charge is 0.242 e. The van der Waals surface area contributed by atoms with Crippen molar-refractivity contribution in [2.24, 2.45) is 0 Å². The molecule has 0 aliphatic carbocycles. The van der Waals surface area contributed by atoms with Crippen LogP contribution in [0.4, 0.5) is 0 Å². The molecule has 0 spiro atoms. The molecule has 3 aromatic carbocycles. The van der Waals surface area contributed by atoms with Gasteiger partial charge in [0.15, 0.2) is 0 Å². The first-order chi connectivity index (χ1) is 16.8. The van der Waals surface area contributed by atoms with Crippen LogP contribution < -0.4 is 5.32 Å². The summed E-state index contributed by atoms with van der Waals surface area (Å²) in [6, 6.07) is 20.8. The average Bonchev–Trinajstić information content (AvgIpc) is 2.83. The van der Waals surface area contributed by atoms with Gasteiger partial charge in [-0.15, -0.1) is 11.8 Å². The minimum Gasteiger partial charge on any atom is -0.357 e. The van der Waals surface area contributed by atoms with E-state index in [0.717, 1.165) is 16.9 Å². The summed E-state index contributed by atoms with van der Waals surface area (Å²) in [4.78, 5) is 28.2. The molecule has 35 heavy (non-hydrogen) atoms. The zero-order chi connectivity index (χ0) is 25.4. The van der Waals surface area contributed by atoms with Crippen LogP contribution in [0.5, 0.6) is 0 Å². The number of thioether (sulfide) groups is 1. The molecule has 3 rings (SSSR count). The lowest BCUT2D eigenvalue weighted by Gasteiger charge is -2.31. The Hall–Kier alpha value is -2.47. The lowest BCUT2D eigenvalue weighted by molar-refractivity contribution is -0.139. The third kappa shape index (κ3) is 8.03. The fourth-order valence-electron chi connectivity index (χ4n) is 4.05. The summed E-state index contributed by atoms with van der Waals surface area (Å²) in [5.41, 5.74) is 5.39. The van der Waals surface area contributed by atoms with E-state index in [1.165, 1.54) is 16.7 Å². The standard InChI is InChI=1S/C28H30Cl2N2O2S/c1-19-11-20(2)13-23(12-19)17-35-18-27(33)32(16-22-9-10-24(29)25(30)14-22)26(28(34)31-3)15-21-7-5-4-6-8-21/h4-14,26H,15-18H2,1-3H3,(H,31,34)/t26-/m0/s1. The number of nitrogens with zero attached hydrogens (tertiary/aromatic N) is 1. The number of rotatable bonds is 10. The molecule has 0 bridgehead atoms. The number of nitrogens with one attached hydrogen (secondary N) is 1. The van der Waals surface area contributed by atoms with Gasteiger partial charge >= 0.3 is 0 Å². The summed E-state index contributed by atoms with van der Waals surface area (Å²) >= 11 is 13.9. The van der Waals surface area contributed by atoms with E-state index < -0.39 is 6.04 Å². The Morgan fingerprint density at radius 2 is 1.57 bits per heavy atom. The van der Waals surface area contributed by atoms with Crippen LogP contribution in [0.3, 0.4) is 0 Å². The fraction of sp³-hybridized carbons (Fsp3) is 0.286. The molecule has 0 fully saturated rings. The average molecular weight is 530 g/mol. The predicted octanol–water partition coefficient (Wildman–Crippen LogP) is 6.23. The lowest BCUT2D eigenvalue weighted by Crippen LogP contribution is -2.50. The second-order valence-electron chi connectivity index (χ2n) is 8.58. The zero-order valence-electron chi connectivity index (χ0n) is 20.2. The highest BCUT2D eigenvalue weighted by molar-refractivity contribution is 7.99. The molecule has 0 saturated carbocycles. The monoisotopic (exact) mass is 528 g/mol. The number of hydrogen-bond acceptors (Lipinski definition) is 3. The second kappa shape index (κ2) is 13.0. The van der Waals surface area contributed by atoms with Crippen molar-refractivity contribution in [3.05, 3.63) is 105 Å². The Morgan fingerprint density at radius 3 is 2.20 bits per heavy atom. The van der Waals surface area contributed by atoms with E-state index in [2.05, 4.69) is 37.4 Å². The molecule has 0 unspecified atom stereocenters. The SMILES string of the molecule is CNC(=O)[C@H](Cc1ccccc1)N(Cc1ccc(Cl)c(Cl)c1)C(=O)CSCc1cc(C)cc(C)c1. The van der Waals surface area contributed by atoms with Crippen LogP contribution in [0.1, 0.15) is 27.8 Å². The van der Waals surface area contributed by atoms with Crippen molar-refractivity contribution in [2.75, 3.05) is 12.8 Å². The quantitative estimate of drug-likeness (QED) is 0.339. The van der Waals surface area contributed by atoms with E-state index in [9.17, 15) is 9.59 Å². The van der Waals surface area contributed by atoms with Crippen molar-refractivity contribution in [1.82, 2.24) is 10.2 Å². The maximum atomic E-state index is 13.5. The normalized spacial score (nSPS) is 11.7. The number of likely N-dealkylation sites (N-methyl/N-ethyl adjacent to an activating group) is 1. The summed E-state index contributed by atoms with van der Waals surface area (Å²) in [6.45, 7) is 4.40. The highest BCUT2D eigenvalue weighted by Crippen LogP contribution is 2.25. The van der Waals surface area contributed by atoms with E-state index in [4.69, 9.17) is 23.2 Å². The fourth-order valence-corrected chi connectivity index (χ4v) is 5.21. The molecule has 0 aliphatic rings. The van der Waals surface area contributed by atoms with Crippen molar-refractivity contribution < 1.29 is 9.59 Å². The van der Waals surface area contributed by atoms with Gasteiger partial charge in [-0.25, -0.2) is 0 Å². The van der Waals surface area contributed by atoms with Crippen LogP contribution in [-0.2, 0) is 28.3 Å². The summed E-state index contributed by atoms with van der Waals surface area (Å²) in [7, 11) is 1.59. The Labute approximate surface area is 222 Å². The molecule has 0 heterocycles. The molecule has 3 aromatic rings. The first kappa shape index (κ1) is 27.1. The van der Waals surface area contributed by atoms with Gasteiger partial charge in [0.05, 0.1) is 15.8 Å². The summed E-state index contributed by atoms with van der Waals surface area (Å²) in [5.74, 6) is 0.672. The molecule has 1 atom stereocenters. The number of amides is 2. The maximum absolute atomic E-state index is 13.5. The summed E-state index contributed by atoms with van der Waals surface area (Å²) in [5, 5.41) is 3.60. The molecule has 0 aliphatic heterocycles. The largest absolute Gasteiger partial charge is 0.357 e. The van der Waals surface area contributed by atoms with Gasteiger partial charge in [-0.1, -0.05) is 88.9 Å². The van der Waals surface area contributed by atoms with Crippen molar-refractivity contribution in [2.45, 2.75) is 38.6 Å². The van der Waals surface area contributed by atoms with E-state index in [-0.39, 0.29) is 24.1 Å². The van der Waals surface area contributed by atoms with Gasteiger partial charge < -0.3 is 10.2 Å². The number of halogens is 2. The third-order valence-electron chi connectivity index (χ3n) is 5.63. The first-order valence-electron chi connectivity index (χ1n) is 11.4. The highest BCUT2D eigenvalue weighted by Gasteiger charge is 2.29. The lowest BCUT2D eigenvalue weighted by atomic mass is 10.0. The highest BCUT2D eigenvalue weighted by atomic mass is 35.5. The van der Waals surface area contributed by atoms with Gasteiger partial charge in [0, 0.05) is 25.8 Å². The number of carbonyl (C=O) groups excluding carboxylic acids is 2. The minimum absolute atomic E-state index is 0.102. The molecule has 4 nitrogen and oxygen atoms in total. The van der Waals surface area contributed by atoms with Gasteiger partial charge in [0.2, 0.25) is 11.8 Å². The minimum atomic E-state index is -0.661. The van der Waals surface area contributed by atoms with E-state index >= 15 is 0 Å². The number of benzene rings is 3. The van der Waals surface area contributed by atoms with Crippen LogP contribution in [-0.4, -0.2) is 35.6 Å². The molecule has 0 saturated heterocycles. The topological polar surface area (TPSA) is 49.4 Å². The van der Waals surface area contributed by atoms with Crippen molar-refractivity contribution in [1.29, 1.82) is 0 Å². The van der Waals surface area contributed by atoms with Crippen LogP contribution in [0, 0.1) is 13.8 Å². The van der Waals surface area contributed by atoms with Crippen LogP contribution in [0.2, 0.25) is 10.0 Å². The zero-order valence-corrected chi connectivity index (χ0v) is 22.5. The van der Waals surface area contributed by atoms with Crippen LogP contribution in [0.25, 0.3) is 0 Å². The molecule has 0 aromatic heterocycles. The van der Waals surface area contributed by atoms with Crippen LogP contribution in [0.15, 0.2) is 66.7 Å². The van der Waals surface area contributed by atoms with E-state index in [1.807, 2.05) is 36.4 Å². The van der Waals surface area contributed by atoms with Gasteiger partial charge in [0.25, 0.3) is 0 Å². The van der Waals surface area contributed by atoms with Crippen molar-refractivity contribution >= 4 is 46.8 Å². The Morgan fingerprint density at radius 1 is 0.886 bits per heavy atom. The summed E-state index contributed by atoms with van der Waals surface area (Å²) in [6.07, 6.45) is 0.412. The molecular weight excluding hydrogens is 499 g/mol. The predicted molar refractivity (Wildman–Crippen MR) is 147 cm³/mol. The Balaban J connectivity index is 1.83. The van der Waals surface area contributed by atoms with Crippen LogP contribution >= 0.6 is 35.0 Å². The number of aryl methyl sites for hydroxylation is 2. The second-order valence-corrected chi connectivity index (χ2v) is 10.4. The molecule has 7 heteroatoms. The van der Waals surface area contributed by atoms with Crippen molar-refractivity contribution in [3.63, 3.8) is 0 Å². The molecule has 1 N–H and O–H groups in total. The third-order valence-corrected chi connectivity index (χ3v) is 7.36. The Bertz CT molecular complexity index is 1150. The molecular formula is C28H30Cl2N2O2S. The molecule has 0 radical (unpaired) electrons. The van der Waals surface area contributed by atoms with Gasteiger partial charge in [0.1, 0.15) is 6.04 Å². The maximum Gasteiger partial charge on any atom is 0.242 e. The number of carbonyl (C=O) groups is 2. The van der Waals surface area contributed by atoms with Gasteiger partial charge in [-0.3, -0.25) is 9.59 Å². The van der Waals surface area contributed by atoms with E-state index in [0.29, 0.717) is 16.5 Å². The summed E-state index contributed by atoms with van der Waals surface area (Å²) < 4.78 is 0. The Kier molecular flexibility index (Phi) is 10.1. The number of hydrogen-bond donors (Lipinski definition) is 1. The first-order valence-corrected chi connectivity index (χ1v) is 13.3. The van der Waals surface area contributed by atoms with Crippen molar-refractivity contribution in [3.8, 4) is 0 Å². The molecule has 2 amide bonds. The van der Waals surface area contributed by atoms with Gasteiger partial charge in [-0.05, 0) is 42.7 Å². The molecule has 184 valence electrons.